The Hall–Kier alpha value is -1.04. The standard InChI is InChI=1S/C10H6BrCl2N3O/c11-6-4-15-10(14)16-9(6)17-8-2-1-5(12)3-7(8)13/h1-4H,(H2,14,15,16). The van der Waals surface area contributed by atoms with Crippen molar-refractivity contribution in [3.05, 3.63) is 38.9 Å². The summed E-state index contributed by atoms with van der Waals surface area (Å²) in [5.74, 6) is 0.852. The highest BCUT2D eigenvalue weighted by molar-refractivity contribution is 9.10. The molecule has 0 atom stereocenters. The average Bonchev–Trinajstić information content (AvgIpc) is 2.27. The van der Waals surface area contributed by atoms with Gasteiger partial charge in [0.1, 0.15) is 5.75 Å². The van der Waals surface area contributed by atoms with Gasteiger partial charge in [-0.25, -0.2) is 4.98 Å². The van der Waals surface area contributed by atoms with Gasteiger partial charge in [0.25, 0.3) is 0 Å². The van der Waals surface area contributed by atoms with Gasteiger partial charge in [0.15, 0.2) is 0 Å². The Morgan fingerprint density at radius 1 is 1.29 bits per heavy atom. The number of halogens is 3. The third-order valence-electron chi connectivity index (χ3n) is 1.83. The van der Waals surface area contributed by atoms with Crippen molar-refractivity contribution in [3.63, 3.8) is 0 Å². The maximum Gasteiger partial charge on any atom is 0.238 e. The van der Waals surface area contributed by atoms with E-state index in [1.54, 1.807) is 18.2 Å². The van der Waals surface area contributed by atoms with Crippen LogP contribution < -0.4 is 10.5 Å². The third-order valence-corrected chi connectivity index (χ3v) is 2.91. The molecule has 2 aromatic rings. The topological polar surface area (TPSA) is 61.0 Å². The van der Waals surface area contributed by atoms with E-state index >= 15 is 0 Å². The molecule has 2 N–H and O–H groups in total. The van der Waals surface area contributed by atoms with Crippen LogP contribution >= 0.6 is 39.1 Å². The van der Waals surface area contributed by atoms with Gasteiger partial charge in [0, 0.05) is 5.02 Å². The van der Waals surface area contributed by atoms with Crippen molar-refractivity contribution in [2.24, 2.45) is 0 Å². The molecule has 0 bridgehead atoms. The fourth-order valence-electron chi connectivity index (χ4n) is 1.10. The Morgan fingerprint density at radius 3 is 2.76 bits per heavy atom. The van der Waals surface area contributed by atoms with E-state index in [4.69, 9.17) is 33.7 Å². The molecule has 0 fully saturated rings. The van der Waals surface area contributed by atoms with E-state index in [9.17, 15) is 0 Å². The van der Waals surface area contributed by atoms with Crippen LogP contribution in [0.1, 0.15) is 0 Å². The van der Waals surface area contributed by atoms with Gasteiger partial charge in [-0.2, -0.15) is 4.98 Å². The Bertz CT molecular complexity index is 565. The summed E-state index contributed by atoms with van der Waals surface area (Å²) in [5, 5.41) is 0.921. The first-order chi connectivity index (χ1) is 8.06. The normalized spacial score (nSPS) is 10.3. The number of nitrogens with two attached hydrogens (primary N) is 1. The monoisotopic (exact) mass is 333 g/mol. The summed E-state index contributed by atoms with van der Waals surface area (Å²) < 4.78 is 6.09. The zero-order valence-electron chi connectivity index (χ0n) is 8.32. The van der Waals surface area contributed by atoms with Crippen molar-refractivity contribution in [1.29, 1.82) is 0 Å². The fourth-order valence-corrected chi connectivity index (χ4v) is 1.82. The van der Waals surface area contributed by atoms with E-state index in [1.165, 1.54) is 6.20 Å². The van der Waals surface area contributed by atoms with Crippen LogP contribution in [0.3, 0.4) is 0 Å². The SMILES string of the molecule is Nc1ncc(Br)c(Oc2ccc(Cl)cc2Cl)n1. The Balaban J connectivity index is 2.34. The molecule has 17 heavy (non-hydrogen) atoms. The number of hydrogen-bond acceptors (Lipinski definition) is 4. The number of hydrogen-bond donors (Lipinski definition) is 1. The highest BCUT2D eigenvalue weighted by Crippen LogP contribution is 2.33. The minimum absolute atomic E-state index is 0.119. The predicted molar refractivity (Wildman–Crippen MR) is 70.7 cm³/mol. The van der Waals surface area contributed by atoms with Crippen molar-refractivity contribution in [3.8, 4) is 11.6 Å². The molecule has 0 spiro atoms. The van der Waals surface area contributed by atoms with E-state index in [-0.39, 0.29) is 5.95 Å². The second-order valence-corrected chi connectivity index (χ2v) is 4.76. The number of ether oxygens (including phenoxy) is 1. The molecule has 1 aromatic heterocycles. The summed E-state index contributed by atoms with van der Waals surface area (Å²) in [6, 6.07) is 4.90. The van der Waals surface area contributed by atoms with Gasteiger partial charge >= 0.3 is 0 Å². The smallest absolute Gasteiger partial charge is 0.238 e. The number of anilines is 1. The zero-order chi connectivity index (χ0) is 12.4. The Labute approximate surface area is 116 Å². The quantitative estimate of drug-likeness (QED) is 0.904. The lowest BCUT2D eigenvalue weighted by atomic mass is 10.3. The van der Waals surface area contributed by atoms with Gasteiger partial charge < -0.3 is 10.5 Å². The van der Waals surface area contributed by atoms with E-state index in [2.05, 4.69) is 25.9 Å². The van der Waals surface area contributed by atoms with E-state index in [0.29, 0.717) is 26.1 Å². The number of nitrogens with zero attached hydrogens (tertiary/aromatic N) is 2. The molecule has 1 aromatic carbocycles. The molecule has 88 valence electrons. The minimum atomic E-state index is 0.119. The lowest BCUT2D eigenvalue weighted by Crippen LogP contribution is -1.97. The molecule has 2 rings (SSSR count). The summed E-state index contributed by atoms with van der Waals surface area (Å²) in [6.45, 7) is 0. The van der Waals surface area contributed by atoms with Crippen molar-refractivity contribution in [2.75, 3.05) is 5.73 Å². The lowest BCUT2D eigenvalue weighted by molar-refractivity contribution is 0.459. The third kappa shape index (κ3) is 3.00. The van der Waals surface area contributed by atoms with Crippen LogP contribution in [0.2, 0.25) is 10.0 Å². The molecule has 4 nitrogen and oxygen atoms in total. The van der Waals surface area contributed by atoms with Gasteiger partial charge in [-0.1, -0.05) is 23.2 Å². The van der Waals surface area contributed by atoms with Crippen molar-refractivity contribution in [1.82, 2.24) is 9.97 Å². The Morgan fingerprint density at radius 2 is 2.06 bits per heavy atom. The lowest BCUT2D eigenvalue weighted by Gasteiger charge is -2.08. The molecule has 0 saturated carbocycles. The first-order valence-corrected chi connectivity index (χ1v) is 6.02. The summed E-state index contributed by atoms with van der Waals surface area (Å²) in [5.41, 5.74) is 5.47. The van der Waals surface area contributed by atoms with E-state index in [0.717, 1.165) is 0 Å². The van der Waals surface area contributed by atoms with Crippen LogP contribution in [0.5, 0.6) is 11.6 Å². The van der Waals surface area contributed by atoms with Gasteiger partial charge in [0.05, 0.1) is 15.7 Å². The number of benzene rings is 1. The van der Waals surface area contributed by atoms with Crippen molar-refractivity contribution < 1.29 is 4.74 Å². The average molecular weight is 335 g/mol. The van der Waals surface area contributed by atoms with Crippen LogP contribution in [0.15, 0.2) is 28.9 Å². The molecule has 0 aliphatic rings. The maximum absolute atomic E-state index is 5.97. The number of aromatic nitrogens is 2. The Kier molecular flexibility index (Phi) is 3.71. The summed E-state index contributed by atoms with van der Waals surface area (Å²) in [4.78, 5) is 7.74. The summed E-state index contributed by atoms with van der Waals surface area (Å²) in [6.07, 6.45) is 1.50. The fraction of sp³-hybridized carbons (Fsp3) is 0. The van der Waals surface area contributed by atoms with Crippen LogP contribution in [-0.2, 0) is 0 Å². The molecule has 0 unspecified atom stereocenters. The first kappa shape index (κ1) is 12.4. The molecule has 7 heteroatoms. The molecule has 0 radical (unpaired) electrons. The second kappa shape index (κ2) is 5.08. The molecule has 0 saturated heterocycles. The predicted octanol–water partition coefficient (Wildman–Crippen LogP) is 3.92. The zero-order valence-corrected chi connectivity index (χ0v) is 11.4. The molecule has 0 amide bonds. The second-order valence-electron chi connectivity index (χ2n) is 3.06. The number of nitrogen functional groups attached to an aromatic ring is 1. The highest BCUT2D eigenvalue weighted by Gasteiger charge is 2.09. The van der Waals surface area contributed by atoms with Gasteiger partial charge in [-0.05, 0) is 34.1 Å². The summed E-state index contributed by atoms with van der Waals surface area (Å²) >= 11 is 15.0. The minimum Gasteiger partial charge on any atom is -0.436 e. The van der Waals surface area contributed by atoms with Crippen LogP contribution in [0.4, 0.5) is 5.95 Å². The molecule has 1 heterocycles. The van der Waals surface area contributed by atoms with E-state index < -0.39 is 0 Å². The largest absolute Gasteiger partial charge is 0.436 e. The van der Waals surface area contributed by atoms with Crippen molar-refractivity contribution in [2.45, 2.75) is 0 Å². The van der Waals surface area contributed by atoms with E-state index in [1.807, 2.05) is 0 Å². The number of rotatable bonds is 2. The van der Waals surface area contributed by atoms with Gasteiger partial charge in [-0.3, -0.25) is 0 Å². The summed E-state index contributed by atoms with van der Waals surface area (Å²) in [7, 11) is 0. The van der Waals surface area contributed by atoms with Gasteiger partial charge in [0.2, 0.25) is 11.8 Å². The van der Waals surface area contributed by atoms with Gasteiger partial charge in [-0.15, -0.1) is 0 Å². The first-order valence-electron chi connectivity index (χ1n) is 4.47. The van der Waals surface area contributed by atoms with Crippen LogP contribution in [-0.4, -0.2) is 9.97 Å². The molecular weight excluding hydrogens is 329 g/mol. The van der Waals surface area contributed by atoms with Crippen LogP contribution in [0, 0.1) is 0 Å². The highest BCUT2D eigenvalue weighted by atomic mass is 79.9. The van der Waals surface area contributed by atoms with Crippen molar-refractivity contribution >= 4 is 45.1 Å². The molecular formula is C10H6BrCl2N3O. The maximum atomic E-state index is 5.97. The van der Waals surface area contributed by atoms with Crippen LogP contribution in [0.25, 0.3) is 0 Å². The molecule has 0 aliphatic carbocycles. The molecule has 0 aliphatic heterocycles.